The molecule has 0 unspecified atom stereocenters. The summed E-state index contributed by atoms with van der Waals surface area (Å²) in [5.41, 5.74) is 0.948. The van der Waals surface area contributed by atoms with Crippen molar-refractivity contribution in [2.75, 3.05) is 19.1 Å². The fraction of sp³-hybridized carbons (Fsp3) is 0.462. The molecule has 0 saturated carbocycles. The molecule has 1 aromatic rings. The number of ether oxygens (including phenoxy) is 2. The maximum absolute atomic E-state index is 11.5. The summed E-state index contributed by atoms with van der Waals surface area (Å²) in [7, 11) is 0. The highest BCUT2D eigenvalue weighted by Crippen LogP contribution is 2.30. The summed E-state index contributed by atoms with van der Waals surface area (Å²) in [6, 6.07) is 5.65. The van der Waals surface area contributed by atoms with Gasteiger partial charge < -0.3 is 9.47 Å². The molecule has 0 spiro atoms. The minimum Gasteiger partial charge on any atom is -0.490 e. The molecule has 0 aromatic heterocycles. The van der Waals surface area contributed by atoms with Gasteiger partial charge in [0.2, 0.25) is 0 Å². The second-order valence-electron chi connectivity index (χ2n) is 3.99. The minimum absolute atomic E-state index is 0.148. The molecule has 17 heavy (non-hydrogen) atoms. The molecule has 0 saturated heterocycles. The van der Waals surface area contributed by atoms with E-state index in [0.717, 1.165) is 23.5 Å². The molecule has 0 atom stereocenters. The van der Waals surface area contributed by atoms with Gasteiger partial charge in [0.25, 0.3) is 0 Å². The highest BCUT2D eigenvalue weighted by Gasteiger charge is 2.11. The van der Waals surface area contributed by atoms with Gasteiger partial charge in [0.15, 0.2) is 11.5 Å². The number of carbonyl (C=O) groups is 1. The molecule has 2 rings (SSSR count). The van der Waals surface area contributed by atoms with Gasteiger partial charge in [-0.2, -0.15) is 0 Å². The highest BCUT2D eigenvalue weighted by molar-refractivity contribution is 6.19. The number of carbonyl (C=O) groups excluding carboxylic acids is 1. The SMILES string of the molecule is O=C(CCCl)Cc1ccc2c(c1)OCCCO2. The van der Waals surface area contributed by atoms with E-state index in [1.54, 1.807) is 0 Å². The van der Waals surface area contributed by atoms with Crippen LogP contribution >= 0.6 is 11.6 Å². The van der Waals surface area contributed by atoms with Crippen molar-refractivity contribution in [1.29, 1.82) is 0 Å². The van der Waals surface area contributed by atoms with Crippen LogP contribution in [0.15, 0.2) is 18.2 Å². The topological polar surface area (TPSA) is 35.5 Å². The summed E-state index contributed by atoms with van der Waals surface area (Å²) in [5.74, 6) is 2.02. The summed E-state index contributed by atoms with van der Waals surface area (Å²) in [6.07, 6.45) is 1.70. The van der Waals surface area contributed by atoms with E-state index in [4.69, 9.17) is 21.1 Å². The van der Waals surface area contributed by atoms with Gasteiger partial charge in [-0.15, -0.1) is 11.6 Å². The minimum atomic E-state index is 0.148. The fourth-order valence-electron chi connectivity index (χ4n) is 1.74. The average molecular weight is 255 g/mol. The van der Waals surface area contributed by atoms with Crippen molar-refractivity contribution in [3.8, 4) is 11.5 Å². The molecule has 0 fully saturated rings. The van der Waals surface area contributed by atoms with Gasteiger partial charge in [-0.05, 0) is 17.7 Å². The molecule has 4 heteroatoms. The van der Waals surface area contributed by atoms with E-state index in [1.807, 2.05) is 18.2 Å². The molecule has 0 N–H and O–H groups in total. The number of hydrogen-bond acceptors (Lipinski definition) is 3. The van der Waals surface area contributed by atoms with E-state index in [2.05, 4.69) is 0 Å². The van der Waals surface area contributed by atoms with E-state index in [-0.39, 0.29) is 5.78 Å². The van der Waals surface area contributed by atoms with Crippen LogP contribution in [0, 0.1) is 0 Å². The van der Waals surface area contributed by atoms with Gasteiger partial charge in [0.05, 0.1) is 13.2 Å². The van der Waals surface area contributed by atoms with Crippen molar-refractivity contribution >= 4 is 17.4 Å². The maximum Gasteiger partial charge on any atom is 0.161 e. The van der Waals surface area contributed by atoms with Gasteiger partial charge in [-0.25, -0.2) is 0 Å². The van der Waals surface area contributed by atoms with Crippen molar-refractivity contribution in [2.24, 2.45) is 0 Å². The lowest BCUT2D eigenvalue weighted by Gasteiger charge is -2.08. The van der Waals surface area contributed by atoms with Gasteiger partial charge in [0.1, 0.15) is 5.78 Å². The second kappa shape index (κ2) is 5.92. The predicted molar refractivity (Wildman–Crippen MR) is 66.1 cm³/mol. The van der Waals surface area contributed by atoms with E-state index in [1.165, 1.54) is 0 Å². The number of rotatable bonds is 4. The summed E-state index contributed by atoms with van der Waals surface area (Å²) in [4.78, 5) is 11.5. The molecule has 1 heterocycles. The number of ketones is 1. The lowest BCUT2D eigenvalue weighted by atomic mass is 10.1. The molecule has 1 aliphatic rings. The van der Waals surface area contributed by atoms with Crippen LogP contribution in [0.4, 0.5) is 0 Å². The smallest absolute Gasteiger partial charge is 0.161 e. The second-order valence-corrected chi connectivity index (χ2v) is 4.36. The Morgan fingerprint density at radius 2 is 2.00 bits per heavy atom. The van der Waals surface area contributed by atoms with Crippen LogP contribution < -0.4 is 9.47 Å². The van der Waals surface area contributed by atoms with Crippen LogP contribution in [-0.4, -0.2) is 24.9 Å². The Hall–Kier alpha value is -1.22. The van der Waals surface area contributed by atoms with Gasteiger partial charge >= 0.3 is 0 Å². The number of fused-ring (bicyclic) bond motifs is 1. The number of alkyl halides is 1. The van der Waals surface area contributed by atoms with Crippen molar-refractivity contribution in [1.82, 2.24) is 0 Å². The third-order valence-electron chi connectivity index (χ3n) is 2.59. The summed E-state index contributed by atoms with van der Waals surface area (Å²) < 4.78 is 11.1. The summed E-state index contributed by atoms with van der Waals surface area (Å²) in [6.45, 7) is 1.34. The first-order valence-electron chi connectivity index (χ1n) is 5.76. The molecule has 92 valence electrons. The number of benzene rings is 1. The Bertz CT molecular complexity index is 404. The maximum atomic E-state index is 11.5. The van der Waals surface area contributed by atoms with Crippen molar-refractivity contribution < 1.29 is 14.3 Å². The first-order chi connectivity index (χ1) is 8.29. The predicted octanol–water partition coefficient (Wildman–Crippen LogP) is 2.59. The zero-order valence-corrected chi connectivity index (χ0v) is 10.3. The monoisotopic (exact) mass is 254 g/mol. The van der Waals surface area contributed by atoms with Crippen LogP contribution in [0.1, 0.15) is 18.4 Å². The van der Waals surface area contributed by atoms with Crippen molar-refractivity contribution in [3.05, 3.63) is 23.8 Å². The first-order valence-corrected chi connectivity index (χ1v) is 6.29. The fourth-order valence-corrected chi connectivity index (χ4v) is 1.95. The van der Waals surface area contributed by atoms with E-state index < -0.39 is 0 Å². The van der Waals surface area contributed by atoms with Gasteiger partial charge in [0, 0.05) is 25.1 Å². The quantitative estimate of drug-likeness (QED) is 0.775. The van der Waals surface area contributed by atoms with Crippen LogP contribution in [0.3, 0.4) is 0 Å². The number of Topliss-reactive ketones (excluding diaryl/α,β-unsaturated/α-hetero) is 1. The zero-order valence-electron chi connectivity index (χ0n) is 9.58. The van der Waals surface area contributed by atoms with Crippen LogP contribution in [0.5, 0.6) is 11.5 Å². The Labute approximate surface area is 106 Å². The molecule has 0 amide bonds. The molecule has 1 aromatic carbocycles. The lowest BCUT2D eigenvalue weighted by Crippen LogP contribution is -2.03. The molecule has 0 bridgehead atoms. The van der Waals surface area contributed by atoms with E-state index in [0.29, 0.717) is 31.9 Å². The Morgan fingerprint density at radius 1 is 1.24 bits per heavy atom. The number of hydrogen-bond donors (Lipinski definition) is 0. The van der Waals surface area contributed by atoms with E-state index >= 15 is 0 Å². The molecular weight excluding hydrogens is 240 g/mol. The standard InChI is InChI=1S/C13H15ClO3/c14-5-4-11(15)8-10-2-3-12-13(9-10)17-7-1-6-16-12/h2-3,9H,1,4-8H2. The average Bonchev–Trinajstić information content (AvgIpc) is 2.53. The summed E-state index contributed by atoms with van der Waals surface area (Å²) >= 11 is 5.53. The molecule has 1 aliphatic heterocycles. The zero-order chi connectivity index (χ0) is 12.1. The van der Waals surface area contributed by atoms with E-state index in [9.17, 15) is 4.79 Å². The third-order valence-corrected chi connectivity index (χ3v) is 2.78. The Balaban J connectivity index is 2.09. The van der Waals surface area contributed by atoms with Crippen LogP contribution in [0.2, 0.25) is 0 Å². The Morgan fingerprint density at radius 3 is 2.76 bits per heavy atom. The molecule has 0 radical (unpaired) electrons. The normalized spacial score (nSPS) is 14.2. The largest absolute Gasteiger partial charge is 0.490 e. The van der Waals surface area contributed by atoms with Crippen molar-refractivity contribution in [3.63, 3.8) is 0 Å². The van der Waals surface area contributed by atoms with Crippen molar-refractivity contribution in [2.45, 2.75) is 19.3 Å². The molecule has 0 aliphatic carbocycles. The Kier molecular flexibility index (Phi) is 4.26. The van der Waals surface area contributed by atoms with Crippen LogP contribution in [0.25, 0.3) is 0 Å². The summed E-state index contributed by atoms with van der Waals surface area (Å²) in [5, 5.41) is 0. The molecular formula is C13H15ClO3. The van der Waals surface area contributed by atoms with Gasteiger partial charge in [-0.3, -0.25) is 4.79 Å². The molecule has 3 nitrogen and oxygen atoms in total. The lowest BCUT2D eigenvalue weighted by molar-refractivity contribution is -0.118. The van der Waals surface area contributed by atoms with Crippen LogP contribution in [-0.2, 0) is 11.2 Å². The third kappa shape index (κ3) is 3.37. The first kappa shape index (κ1) is 12.2. The number of halogens is 1. The van der Waals surface area contributed by atoms with Gasteiger partial charge in [-0.1, -0.05) is 6.07 Å². The highest BCUT2D eigenvalue weighted by atomic mass is 35.5.